The van der Waals surface area contributed by atoms with Gasteiger partial charge in [-0.3, -0.25) is 0 Å². The zero-order valence-corrected chi connectivity index (χ0v) is 11.3. The maximum Gasteiger partial charge on any atom is 0.124 e. The van der Waals surface area contributed by atoms with E-state index in [1.807, 2.05) is 31.2 Å². The minimum atomic E-state index is -0.534. The molecule has 2 N–H and O–H groups in total. The van der Waals surface area contributed by atoms with Gasteiger partial charge in [-0.15, -0.1) is 11.3 Å². The molecule has 2 heterocycles. The van der Waals surface area contributed by atoms with Crippen molar-refractivity contribution < 1.29 is 4.74 Å². The van der Waals surface area contributed by atoms with Crippen LogP contribution in [0, 0.1) is 12.8 Å². The standard InChI is InChI=1S/C14H16N2OS/c1-9-7-17-12-6-4-3-5-11(12)14(9,15)13-16-10(2)8-18-13/h3-6,8-9H,7,15H2,1-2H3. The second kappa shape index (κ2) is 4.07. The molecule has 3 nitrogen and oxygen atoms in total. The van der Waals surface area contributed by atoms with E-state index in [9.17, 15) is 0 Å². The van der Waals surface area contributed by atoms with Crippen molar-refractivity contribution in [2.45, 2.75) is 19.4 Å². The molecule has 0 bridgehead atoms. The number of nitrogens with zero attached hydrogens (tertiary/aromatic N) is 1. The molecule has 1 aromatic carbocycles. The van der Waals surface area contributed by atoms with Gasteiger partial charge >= 0.3 is 0 Å². The van der Waals surface area contributed by atoms with Gasteiger partial charge < -0.3 is 10.5 Å². The van der Waals surface area contributed by atoms with E-state index in [1.165, 1.54) is 0 Å². The molecule has 0 amide bonds. The van der Waals surface area contributed by atoms with Gasteiger partial charge in [-0.1, -0.05) is 25.1 Å². The first kappa shape index (κ1) is 11.7. The van der Waals surface area contributed by atoms with E-state index in [4.69, 9.17) is 10.5 Å². The third-order valence-corrected chi connectivity index (χ3v) is 4.68. The van der Waals surface area contributed by atoms with E-state index in [2.05, 4.69) is 17.3 Å². The summed E-state index contributed by atoms with van der Waals surface area (Å²) in [5.41, 5.74) is 8.25. The molecule has 0 radical (unpaired) electrons. The van der Waals surface area contributed by atoms with Crippen LogP contribution in [-0.2, 0) is 5.54 Å². The van der Waals surface area contributed by atoms with E-state index < -0.39 is 5.54 Å². The highest BCUT2D eigenvalue weighted by Crippen LogP contribution is 2.43. The Morgan fingerprint density at radius 3 is 2.94 bits per heavy atom. The molecule has 2 atom stereocenters. The number of ether oxygens (including phenoxy) is 1. The summed E-state index contributed by atoms with van der Waals surface area (Å²) in [6.07, 6.45) is 0. The van der Waals surface area contributed by atoms with Crippen LogP contribution in [0.2, 0.25) is 0 Å². The van der Waals surface area contributed by atoms with E-state index >= 15 is 0 Å². The predicted molar refractivity (Wildman–Crippen MR) is 72.9 cm³/mol. The van der Waals surface area contributed by atoms with Crippen molar-refractivity contribution in [1.82, 2.24) is 4.98 Å². The number of hydrogen-bond acceptors (Lipinski definition) is 4. The summed E-state index contributed by atoms with van der Waals surface area (Å²) in [6, 6.07) is 8.00. The molecule has 3 rings (SSSR count). The first-order valence-corrected chi connectivity index (χ1v) is 6.94. The van der Waals surface area contributed by atoms with Crippen LogP contribution in [0.15, 0.2) is 29.6 Å². The summed E-state index contributed by atoms with van der Waals surface area (Å²) in [5.74, 6) is 1.09. The number of nitrogens with two attached hydrogens (primary N) is 1. The maximum atomic E-state index is 6.72. The van der Waals surface area contributed by atoms with Crippen molar-refractivity contribution in [3.8, 4) is 5.75 Å². The molecule has 0 fully saturated rings. The predicted octanol–water partition coefficient (Wildman–Crippen LogP) is 2.68. The van der Waals surface area contributed by atoms with Crippen molar-refractivity contribution in [3.63, 3.8) is 0 Å². The summed E-state index contributed by atoms with van der Waals surface area (Å²) in [4.78, 5) is 4.59. The minimum absolute atomic E-state index is 0.206. The number of aryl methyl sites for hydroxylation is 1. The van der Waals surface area contributed by atoms with Gasteiger partial charge in [-0.05, 0) is 13.0 Å². The average Bonchev–Trinajstić information content (AvgIpc) is 2.81. The van der Waals surface area contributed by atoms with Crippen LogP contribution < -0.4 is 10.5 Å². The first-order valence-electron chi connectivity index (χ1n) is 6.06. The highest BCUT2D eigenvalue weighted by molar-refractivity contribution is 7.09. The Balaban J connectivity index is 2.20. The van der Waals surface area contributed by atoms with Crippen molar-refractivity contribution in [1.29, 1.82) is 0 Å². The van der Waals surface area contributed by atoms with Crippen molar-refractivity contribution in [3.05, 3.63) is 45.9 Å². The highest BCUT2D eigenvalue weighted by atomic mass is 32.1. The molecular formula is C14H16N2OS. The molecule has 1 aliphatic heterocycles. The number of benzene rings is 1. The lowest BCUT2D eigenvalue weighted by Crippen LogP contribution is -2.49. The lowest BCUT2D eigenvalue weighted by Gasteiger charge is -2.39. The second-order valence-electron chi connectivity index (χ2n) is 4.87. The first-order chi connectivity index (χ1) is 8.62. The van der Waals surface area contributed by atoms with Crippen LogP contribution in [0.4, 0.5) is 0 Å². The Morgan fingerprint density at radius 2 is 2.22 bits per heavy atom. The maximum absolute atomic E-state index is 6.72. The number of para-hydroxylation sites is 1. The molecule has 0 aliphatic carbocycles. The molecule has 0 saturated carbocycles. The lowest BCUT2D eigenvalue weighted by molar-refractivity contribution is 0.167. The second-order valence-corrected chi connectivity index (χ2v) is 5.73. The van der Waals surface area contributed by atoms with Crippen LogP contribution in [0.25, 0.3) is 0 Å². The largest absolute Gasteiger partial charge is 0.493 e. The number of rotatable bonds is 1. The van der Waals surface area contributed by atoms with E-state index in [1.54, 1.807) is 11.3 Å². The van der Waals surface area contributed by atoms with Crippen molar-refractivity contribution >= 4 is 11.3 Å². The molecule has 18 heavy (non-hydrogen) atoms. The van der Waals surface area contributed by atoms with Crippen LogP contribution in [0.3, 0.4) is 0 Å². The number of fused-ring (bicyclic) bond motifs is 1. The SMILES string of the molecule is Cc1csc(C2(N)c3ccccc3OCC2C)n1. The Morgan fingerprint density at radius 1 is 1.44 bits per heavy atom. The monoisotopic (exact) mass is 260 g/mol. The zero-order valence-electron chi connectivity index (χ0n) is 10.5. The van der Waals surface area contributed by atoms with Crippen LogP contribution in [0.5, 0.6) is 5.75 Å². The van der Waals surface area contributed by atoms with Gasteiger partial charge in [0, 0.05) is 22.6 Å². The summed E-state index contributed by atoms with van der Waals surface area (Å²) >= 11 is 1.63. The van der Waals surface area contributed by atoms with Gasteiger partial charge in [-0.2, -0.15) is 0 Å². The fourth-order valence-electron chi connectivity index (χ4n) is 2.42. The van der Waals surface area contributed by atoms with E-state index in [0.717, 1.165) is 22.0 Å². The zero-order chi connectivity index (χ0) is 12.8. The summed E-state index contributed by atoms with van der Waals surface area (Å²) in [6.45, 7) is 4.75. The van der Waals surface area contributed by atoms with Gasteiger partial charge in [-0.25, -0.2) is 4.98 Å². The fourth-order valence-corrected chi connectivity index (χ4v) is 3.45. The molecule has 1 aliphatic rings. The van der Waals surface area contributed by atoms with Gasteiger partial charge in [0.25, 0.3) is 0 Å². The Hall–Kier alpha value is -1.39. The summed E-state index contributed by atoms with van der Waals surface area (Å²) in [5, 5.41) is 3.03. The normalized spacial score (nSPS) is 26.5. The third-order valence-electron chi connectivity index (χ3n) is 3.57. The fraction of sp³-hybridized carbons (Fsp3) is 0.357. The van der Waals surface area contributed by atoms with Crippen LogP contribution >= 0.6 is 11.3 Å². The number of hydrogen-bond donors (Lipinski definition) is 1. The van der Waals surface area contributed by atoms with Gasteiger partial charge in [0.15, 0.2) is 0 Å². The summed E-state index contributed by atoms with van der Waals surface area (Å²) < 4.78 is 5.76. The smallest absolute Gasteiger partial charge is 0.124 e. The minimum Gasteiger partial charge on any atom is -0.493 e. The molecular weight excluding hydrogens is 244 g/mol. The topological polar surface area (TPSA) is 48.1 Å². The number of thiazole rings is 1. The molecule has 0 saturated heterocycles. The third kappa shape index (κ3) is 1.56. The van der Waals surface area contributed by atoms with Crippen molar-refractivity contribution in [2.24, 2.45) is 11.7 Å². The quantitative estimate of drug-likeness (QED) is 0.857. The van der Waals surface area contributed by atoms with Gasteiger partial charge in [0.05, 0.1) is 6.61 Å². The van der Waals surface area contributed by atoms with Gasteiger partial charge in [0.1, 0.15) is 16.3 Å². The van der Waals surface area contributed by atoms with E-state index in [-0.39, 0.29) is 5.92 Å². The highest BCUT2D eigenvalue weighted by Gasteiger charge is 2.43. The lowest BCUT2D eigenvalue weighted by atomic mass is 9.78. The number of aromatic nitrogens is 1. The molecule has 4 heteroatoms. The molecule has 2 unspecified atom stereocenters. The summed E-state index contributed by atoms with van der Waals surface area (Å²) in [7, 11) is 0. The van der Waals surface area contributed by atoms with Crippen molar-refractivity contribution in [2.75, 3.05) is 6.61 Å². The van der Waals surface area contributed by atoms with Gasteiger partial charge in [0.2, 0.25) is 0 Å². The Bertz CT molecular complexity index is 581. The molecule has 1 aromatic heterocycles. The molecule has 94 valence electrons. The van der Waals surface area contributed by atoms with Crippen LogP contribution in [-0.4, -0.2) is 11.6 Å². The van der Waals surface area contributed by atoms with E-state index in [0.29, 0.717) is 6.61 Å². The van der Waals surface area contributed by atoms with Crippen LogP contribution in [0.1, 0.15) is 23.2 Å². The molecule has 0 spiro atoms. The molecule has 2 aromatic rings. The Labute approximate surface area is 111 Å². The Kier molecular flexibility index (Phi) is 2.64. The average molecular weight is 260 g/mol.